The molecule has 0 unspecified atom stereocenters. The van der Waals surface area contributed by atoms with Crippen molar-refractivity contribution in [2.75, 3.05) is 11.5 Å². The molecule has 4 heteroatoms. The van der Waals surface area contributed by atoms with Crippen molar-refractivity contribution in [1.29, 1.82) is 0 Å². The van der Waals surface area contributed by atoms with Crippen molar-refractivity contribution in [2.24, 2.45) is 5.16 Å². The molecule has 1 amide bonds. The summed E-state index contributed by atoms with van der Waals surface area (Å²) in [6.45, 7) is 2.27. The molecule has 0 aliphatic carbocycles. The van der Waals surface area contributed by atoms with E-state index in [1.165, 1.54) is 0 Å². The van der Waals surface area contributed by atoms with Gasteiger partial charge in [0.1, 0.15) is 6.61 Å². The van der Waals surface area contributed by atoms with Crippen LogP contribution in [0.25, 0.3) is 0 Å². The molecule has 4 nitrogen and oxygen atoms in total. The maximum absolute atomic E-state index is 12.6. The van der Waals surface area contributed by atoms with Crippen molar-refractivity contribution >= 4 is 23.0 Å². The molecule has 2 aromatic carbocycles. The van der Waals surface area contributed by atoms with Crippen LogP contribution in [0, 0.1) is 0 Å². The second-order valence-corrected chi connectivity index (χ2v) is 4.35. The molecule has 0 N–H and O–H groups in total. The predicted molar refractivity (Wildman–Crippen MR) is 78.2 cm³/mol. The van der Waals surface area contributed by atoms with Gasteiger partial charge in [-0.1, -0.05) is 41.6 Å². The topological polar surface area (TPSA) is 41.9 Å². The van der Waals surface area contributed by atoms with Crippen LogP contribution in [0.2, 0.25) is 0 Å². The van der Waals surface area contributed by atoms with Crippen LogP contribution in [0.5, 0.6) is 0 Å². The molecule has 0 spiro atoms. The van der Waals surface area contributed by atoms with E-state index in [9.17, 15) is 4.79 Å². The molecule has 1 heterocycles. The summed E-state index contributed by atoms with van der Waals surface area (Å²) in [4.78, 5) is 19.3. The number of para-hydroxylation sites is 2. The molecular weight excluding hydrogens is 252 g/mol. The molecule has 0 atom stereocenters. The van der Waals surface area contributed by atoms with E-state index in [2.05, 4.69) is 5.16 Å². The van der Waals surface area contributed by atoms with E-state index in [0.717, 1.165) is 16.9 Å². The summed E-state index contributed by atoms with van der Waals surface area (Å²) in [7, 11) is 0. The Hall–Kier alpha value is -2.62. The molecule has 20 heavy (non-hydrogen) atoms. The average molecular weight is 266 g/mol. The van der Waals surface area contributed by atoms with Crippen molar-refractivity contribution in [3.8, 4) is 0 Å². The lowest BCUT2D eigenvalue weighted by Gasteiger charge is -2.16. The van der Waals surface area contributed by atoms with Gasteiger partial charge in [0, 0.05) is 11.3 Å². The van der Waals surface area contributed by atoms with E-state index in [1.54, 1.807) is 4.90 Å². The highest BCUT2D eigenvalue weighted by Crippen LogP contribution is 2.35. The van der Waals surface area contributed by atoms with Gasteiger partial charge < -0.3 is 4.84 Å². The summed E-state index contributed by atoms with van der Waals surface area (Å²) in [6, 6.07) is 17.1. The Kier molecular flexibility index (Phi) is 3.21. The lowest BCUT2D eigenvalue weighted by Crippen LogP contribution is -2.25. The largest absolute Gasteiger partial charge is 0.395 e. The van der Waals surface area contributed by atoms with E-state index < -0.39 is 0 Å². The molecule has 100 valence electrons. The van der Waals surface area contributed by atoms with Gasteiger partial charge in [-0.2, -0.15) is 0 Å². The van der Waals surface area contributed by atoms with E-state index in [1.807, 2.05) is 61.5 Å². The molecule has 2 aromatic rings. The summed E-state index contributed by atoms with van der Waals surface area (Å²) >= 11 is 0. The Labute approximate surface area is 117 Å². The highest BCUT2D eigenvalue weighted by molar-refractivity contribution is 6.55. The van der Waals surface area contributed by atoms with Gasteiger partial charge in [-0.3, -0.25) is 9.69 Å². The monoisotopic (exact) mass is 266 g/mol. The van der Waals surface area contributed by atoms with Crippen LogP contribution in [-0.2, 0) is 9.63 Å². The van der Waals surface area contributed by atoms with Crippen molar-refractivity contribution in [2.45, 2.75) is 6.92 Å². The van der Waals surface area contributed by atoms with Gasteiger partial charge in [0.2, 0.25) is 0 Å². The molecule has 0 saturated heterocycles. The van der Waals surface area contributed by atoms with Crippen LogP contribution in [0.4, 0.5) is 11.4 Å². The highest BCUT2D eigenvalue weighted by Gasteiger charge is 2.35. The zero-order chi connectivity index (χ0) is 13.9. The van der Waals surface area contributed by atoms with Crippen LogP contribution in [0.15, 0.2) is 59.8 Å². The molecule has 0 radical (unpaired) electrons. The number of rotatable bonds is 3. The van der Waals surface area contributed by atoms with Crippen molar-refractivity contribution in [3.05, 3.63) is 60.2 Å². The number of oxime groups is 1. The first kappa shape index (κ1) is 12.4. The molecule has 0 bridgehead atoms. The van der Waals surface area contributed by atoms with Gasteiger partial charge in [-0.25, -0.2) is 0 Å². The standard InChI is InChI=1S/C16H14N2O2/c1-2-20-17-15-13-10-6-7-11-14(13)18(16(15)19)12-8-4-3-5-9-12/h3-11H,2H2,1H3/b17-15-. The summed E-state index contributed by atoms with van der Waals surface area (Å²) in [5.41, 5.74) is 2.81. The van der Waals surface area contributed by atoms with Gasteiger partial charge in [0.05, 0.1) is 5.69 Å². The summed E-state index contributed by atoms with van der Waals surface area (Å²) in [5, 5.41) is 3.97. The minimum Gasteiger partial charge on any atom is -0.395 e. The second kappa shape index (κ2) is 5.17. The first-order chi connectivity index (χ1) is 9.83. The maximum atomic E-state index is 12.6. The van der Waals surface area contributed by atoms with Crippen LogP contribution < -0.4 is 4.90 Å². The Morgan fingerprint density at radius 1 is 1.05 bits per heavy atom. The molecule has 0 saturated carbocycles. The number of benzene rings is 2. The fourth-order valence-electron chi connectivity index (χ4n) is 2.25. The third-order valence-corrected chi connectivity index (χ3v) is 3.11. The highest BCUT2D eigenvalue weighted by atomic mass is 16.6. The van der Waals surface area contributed by atoms with Crippen molar-refractivity contribution in [3.63, 3.8) is 0 Å². The van der Waals surface area contributed by atoms with Crippen LogP contribution >= 0.6 is 0 Å². The fraction of sp³-hybridized carbons (Fsp3) is 0.125. The number of carbonyl (C=O) groups excluding carboxylic acids is 1. The smallest absolute Gasteiger partial charge is 0.285 e. The molecule has 1 aliphatic heterocycles. The number of hydrogen-bond donors (Lipinski definition) is 0. The third-order valence-electron chi connectivity index (χ3n) is 3.11. The van der Waals surface area contributed by atoms with E-state index in [0.29, 0.717) is 12.3 Å². The van der Waals surface area contributed by atoms with Gasteiger partial charge in [-0.05, 0) is 25.1 Å². The number of hydrogen-bond acceptors (Lipinski definition) is 3. The Balaban J connectivity index is 2.12. The molecule has 1 aliphatic rings. The first-order valence-electron chi connectivity index (χ1n) is 6.51. The zero-order valence-electron chi connectivity index (χ0n) is 11.1. The summed E-state index contributed by atoms with van der Waals surface area (Å²) < 4.78 is 0. The number of carbonyl (C=O) groups is 1. The Morgan fingerprint density at radius 3 is 2.50 bits per heavy atom. The Morgan fingerprint density at radius 2 is 1.75 bits per heavy atom. The zero-order valence-corrected chi connectivity index (χ0v) is 11.1. The second-order valence-electron chi connectivity index (χ2n) is 4.35. The van der Waals surface area contributed by atoms with E-state index in [-0.39, 0.29) is 5.91 Å². The Bertz CT molecular complexity index is 665. The van der Waals surface area contributed by atoms with E-state index >= 15 is 0 Å². The van der Waals surface area contributed by atoms with Gasteiger partial charge in [0.25, 0.3) is 5.91 Å². The average Bonchev–Trinajstić information content (AvgIpc) is 2.78. The van der Waals surface area contributed by atoms with Crippen LogP contribution in [0.3, 0.4) is 0 Å². The number of amides is 1. The SMILES string of the molecule is CCO/N=C1\C(=O)N(c2ccccc2)c2ccccc21. The predicted octanol–water partition coefficient (Wildman–Crippen LogP) is 3.11. The molecule has 0 aromatic heterocycles. The minimum absolute atomic E-state index is 0.161. The molecule has 3 rings (SSSR count). The lowest BCUT2D eigenvalue weighted by molar-refractivity contribution is -0.111. The summed E-state index contributed by atoms with van der Waals surface area (Å²) in [5.74, 6) is -0.161. The van der Waals surface area contributed by atoms with Crippen LogP contribution in [-0.4, -0.2) is 18.2 Å². The molecule has 0 fully saturated rings. The normalized spacial score (nSPS) is 15.6. The van der Waals surface area contributed by atoms with E-state index in [4.69, 9.17) is 4.84 Å². The lowest BCUT2D eigenvalue weighted by atomic mass is 10.1. The van der Waals surface area contributed by atoms with Gasteiger partial charge in [-0.15, -0.1) is 0 Å². The maximum Gasteiger partial charge on any atom is 0.285 e. The number of anilines is 2. The minimum atomic E-state index is -0.161. The number of nitrogens with zero attached hydrogens (tertiary/aromatic N) is 2. The van der Waals surface area contributed by atoms with Crippen molar-refractivity contribution < 1.29 is 9.63 Å². The first-order valence-corrected chi connectivity index (χ1v) is 6.51. The molecular formula is C16H14N2O2. The van der Waals surface area contributed by atoms with Gasteiger partial charge in [0.15, 0.2) is 5.71 Å². The van der Waals surface area contributed by atoms with Gasteiger partial charge >= 0.3 is 0 Å². The summed E-state index contributed by atoms with van der Waals surface area (Å²) in [6.07, 6.45) is 0. The third kappa shape index (κ3) is 1.95. The fourth-order valence-corrected chi connectivity index (χ4v) is 2.25. The van der Waals surface area contributed by atoms with Crippen LogP contribution in [0.1, 0.15) is 12.5 Å². The number of fused-ring (bicyclic) bond motifs is 1. The quantitative estimate of drug-likeness (QED) is 0.801. The van der Waals surface area contributed by atoms with Crippen molar-refractivity contribution in [1.82, 2.24) is 0 Å².